The minimum Gasteiger partial charge on any atom is -0.383 e. The van der Waals surface area contributed by atoms with Gasteiger partial charge in [0.25, 0.3) is 5.91 Å². The minimum absolute atomic E-state index is 0.00559. The molecule has 2 aliphatic heterocycles. The van der Waals surface area contributed by atoms with Gasteiger partial charge in [-0.1, -0.05) is 37.5 Å². The maximum absolute atomic E-state index is 14.0. The summed E-state index contributed by atoms with van der Waals surface area (Å²) < 4.78 is 5.33. The second kappa shape index (κ2) is 8.99. The lowest BCUT2D eigenvalue weighted by Crippen LogP contribution is -2.63. The van der Waals surface area contributed by atoms with Gasteiger partial charge in [-0.25, -0.2) is 0 Å². The van der Waals surface area contributed by atoms with Crippen LogP contribution in [0.2, 0.25) is 0 Å². The first-order chi connectivity index (χ1) is 15.0. The highest BCUT2D eigenvalue weighted by atomic mass is 16.5. The van der Waals surface area contributed by atoms with Crippen molar-refractivity contribution in [1.82, 2.24) is 9.80 Å². The molecular weight excluding hydrogens is 394 g/mol. The zero-order valence-corrected chi connectivity index (χ0v) is 18.3. The summed E-state index contributed by atoms with van der Waals surface area (Å²) in [7, 11) is 1.64. The van der Waals surface area contributed by atoms with Gasteiger partial charge in [0, 0.05) is 38.2 Å². The predicted octanol–water partition coefficient (Wildman–Crippen LogP) is 2.30. The predicted molar refractivity (Wildman–Crippen MR) is 116 cm³/mol. The Bertz CT molecular complexity index is 841. The standard InChI is InChI=1S/C24H33N3O4/c1-31-16-15-27-22(29)19-8-4-3-7-18(19)20(24(27)11-5-2-6-12-24)23(30)26-13-9-17(10-14-26)21(25)28/h3-4,7-8,17,20H,2,5-6,9-16H2,1H3,(H2,25,28)/t20-/m1/s1. The zero-order chi connectivity index (χ0) is 22.0. The van der Waals surface area contributed by atoms with Gasteiger partial charge < -0.3 is 20.3 Å². The first-order valence-electron chi connectivity index (χ1n) is 11.5. The van der Waals surface area contributed by atoms with Crippen LogP contribution in [-0.4, -0.2) is 66.4 Å². The van der Waals surface area contributed by atoms with Crippen LogP contribution in [0, 0.1) is 5.92 Å². The summed E-state index contributed by atoms with van der Waals surface area (Å²) in [4.78, 5) is 43.0. The van der Waals surface area contributed by atoms with Crippen molar-refractivity contribution in [3.8, 4) is 0 Å². The Labute approximate surface area is 183 Å². The topological polar surface area (TPSA) is 92.9 Å². The largest absolute Gasteiger partial charge is 0.383 e. The fourth-order valence-corrected chi connectivity index (χ4v) is 5.90. The van der Waals surface area contributed by atoms with E-state index in [1.807, 2.05) is 34.1 Å². The molecule has 1 saturated heterocycles. The van der Waals surface area contributed by atoms with E-state index in [1.54, 1.807) is 7.11 Å². The molecule has 168 valence electrons. The lowest BCUT2D eigenvalue weighted by molar-refractivity contribution is -0.141. The monoisotopic (exact) mass is 427 g/mol. The number of carbonyl (C=O) groups excluding carboxylic acids is 3. The number of hydrogen-bond donors (Lipinski definition) is 1. The van der Waals surface area contributed by atoms with Crippen LogP contribution in [0.3, 0.4) is 0 Å². The average molecular weight is 428 g/mol. The maximum Gasteiger partial charge on any atom is 0.254 e. The van der Waals surface area contributed by atoms with E-state index >= 15 is 0 Å². The Morgan fingerprint density at radius 3 is 2.45 bits per heavy atom. The molecule has 7 heteroatoms. The van der Waals surface area contributed by atoms with E-state index in [0.29, 0.717) is 44.6 Å². The molecule has 1 spiro atoms. The second-order valence-electron chi connectivity index (χ2n) is 9.14. The molecule has 2 fully saturated rings. The van der Waals surface area contributed by atoms with Crippen LogP contribution in [0.25, 0.3) is 0 Å². The van der Waals surface area contributed by atoms with Crippen LogP contribution >= 0.6 is 0 Å². The quantitative estimate of drug-likeness (QED) is 0.780. The van der Waals surface area contributed by atoms with Crippen molar-refractivity contribution in [2.75, 3.05) is 33.4 Å². The number of benzene rings is 1. The van der Waals surface area contributed by atoms with E-state index in [1.165, 1.54) is 0 Å². The SMILES string of the molecule is COCCN1C(=O)c2ccccc2[C@H](C(=O)N2CCC(C(N)=O)CC2)C12CCCCC2. The van der Waals surface area contributed by atoms with Crippen LogP contribution < -0.4 is 5.73 Å². The molecule has 1 saturated carbocycles. The Balaban J connectivity index is 1.73. The molecule has 3 amide bonds. The van der Waals surface area contributed by atoms with Crippen molar-refractivity contribution in [2.45, 2.75) is 56.4 Å². The van der Waals surface area contributed by atoms with E-state index in [0.717, 1.165) is 37.7 Å². The lowest BCUT2D eigenvalue weighted by Gasteiger charge is -2.54. The van der Waals surface area contributed by atoms with E-state index < -0.39 is 5.54 Å². The van der Waals surface area contributed by atoms with Crippen molar-refractivity contribution in [3.05, 3.63) is 35.4 Å². The van der Waals surface area contributed by atoms with E-state index in [-0.39, 0.29) is 29.6 Å². The van der Waals surface area contributed by atoms with Gasteiger partial charge in [-0.3, -0.25) is 14.4 Å². The number of nitrogens with zero attached hydrogens (tertiary/aromatic N) is 2. The van der Waals surface area contributed by atoms with Crippen molar-refractivity contribution in [3.63, 3.8) is 0 Å². The second-order valence-corrected chi connectivity index (χ2v) is 9.14. The van der Waals surface area contributed by atoms with E-state index in [9.17, 15) is 14.4 Å². The highest BCUT2D eigenvalue weighted by Crippen LogP contribution is 2.50. The van der Waals surface area contributed by atoms with Gasteiger partial charge in [-0.15, -0.1) is 0 Å². The van der Waals surface area contributed by atoms with Crippen molar-refractivity contribution in [2.24, 2.45) is 11.7 Å². The number of fused-ring (bicyclic) bond motifs is 1. The highest BCUT2D eigenvalue weighted by Gasteiger charge is 2.55. The zero-order valence-electron chi connectivity index (χ0n) is 18.3. The number of amides is 3. The molecular formula is C24H33N3O4. The highest BCUT2D eigenvalue weighted by molar-refractivity contribution is 6.02. The number of hydrogen-bond acceptors (Lipinski definition) is 4. The summed E-state index contributed by atoms with van der Waals surface area (Å²) in [6, 6.07) is 7.58. The number of primary amides is 1. The molecule has 4 rings (SSSR count). The molecule has 31 heavy (non-hydrogen) atoms. The summed E-state index contributed by atoms with van der Waals surface area (Å²) >= 11 is 0. The van der Waals surface area contributed by atoms with Gasteiger partial charge in [0.1, 0.15) is 0 Å². The molecule has 3 aliphatic rings. The van der Waals surface area contributed by atoms with Crippen LogP contribution in [0.1, 0.15) is 66.8 Å². The smallest absolute Gasteiger partial charge is 0.254 e. The fourth-order valence-electron chi connectivity index (χ4n) is 5.90. The molecule has 0 radical (unpaired) electrons. The molecule has 1 atom stereocenters. The molecule has 1 aliphatic carbocycles. The van der Waals surface area contributed by atoms with Gasteiger partial charge in [-0.05, 0) is 37.3 Å². The maximum atomic E-state index is 14.0. The molecule has 0 unspecified atom stereocenters. The van der Waals surface area contributed by atoms with Gasteiger partial charge in [0.05, 0.1) is 18.1 Å². The molecule has 1 aromatic carbocycles. The van der Waals surface area contributed by atoms with Gasteiger partial charge in [0.15, 0.2) is 0 Å². The van der Waals surface area contributed by atoms with Crippen molar-refractivity contribution < 1.29 is 19.1 Å². The summed E-state index contributed by atoms with van der Waals surface area (Å²) in [6.45, 7) is 2.00. The normalized spacial score (nSPS) is 23.6. The third-order valence-electron chi connectivity index (χ3n) is 7.52. The number of nitrogens with two attached hydrogens (primary N) is 1. The summed E-state index contributed by atoms with van der Waals surface area (Å²) in [5, 5.41) is 0. The Hall–Kier alpha value is -2.41. The third kappa shape index (κ3) is 3.84. The number of ether oxygens (including phenoxy) is 1. The molecule has 0 bridgehead atoms. The van der Waals surface area contributed by atoms with Crippen LogP contribution in [0.4, 0.5) is 0 Å². The van der Waals surface area contributed by atoms with E-state index in [2.05, 4.69) is 0 Å². The fraction of sp³-hybridized carbons (Fsp3) is 0.625. The Morgan fingerprint density at radius 1 is 1.13 bits per heavy atom. The lowest BCUT2D eigenvalue weighted by atomic mass is 9.65. The van der Waals surface area contributed by atoms with Gasteiger partial charge in [-0.2, -0.15) is 0 Å². The minimum atomic E-state index is -0.514. The van der Waals surface area contributed by atoms with Crippen LogP contribution in [0.5, 0.6) is 0 Å². The van der Waals surface area contributed by atoms with Crippen molar-refractivity contribution in [1.29, 1.82) is 0 Å². The molecule has 2 heterocycles. The average Bonchev–Trinajstić information content (AvgIpc) is 2.79. The van der Waals surface area contributed by atoms with Crippen molar-refractivity contribution >= 4 is 17.7 Å². The molecule has 7 nitrogen and oxygen atoms in total. The number of methoxy groups -OCH3 is 1. The molecule has 0 aromatic heterocycles. The van der Waals surface area contributed by atoms with Gasteiger partial charge in [0.2, 0.25) is 11.8 Å². The van der Waals surface area contributed by atoms with Crippen LogP contribution in [-0.2, 0) is 14.3 Å². The molecule has 1 aromatic rings. The number of carbonyl (C=O) groups is 3. The Kier molecular flexibility index (Phi) is 6.32. The van der Waals surface area contributed by atoms with Gasteiger partial charge >= 0.3 is 0 Å². The van der Waals surface area contributed by atoms with E-state index in [4.69, 9.17) is 10.5 Å². The first kappa shape index (κ1) is 21.8. The first-order valence-corrected chi connectivity index (χ1v) is 11.5. The summed E-state index contributed by atoms with van der Waals surface area (Å²) in [5.41, 5.74) is 6.45. The number of piperidine rings is 1. The summed E-state index contributed by atoms with van der Waals surface area (Å²) in [5.74, 6) is -0.747. The Morgan fingerprint density at radius 2 is 1.81 bits per heavy atom. The molecule has 2 N–H and O–H groups in total. The number of likely N-dealkylation sites (tertiary alicyclic amines) is 1. The number of rotatable bonds is 5. The van der Waals surface area contributed by atoms with Crippen LogP contribution in [0.15, 0.2) is 24.3 Å². The summed E-state index contributed by atoms with van der Waals surface area (Å²) in [6.07, 6.45) is 6.00. The third-order valence-corrected chi connectivity index (χ3v) is 7.52.